The van der Waals surface area contributed by atoms with E-state index in [4.69, 9.17) is 4.74 Å². The van der Waals surface area contributed by atoms with Gasteiger partial charge in [-0.1, -0.05) is 18.2 Å². The average molecular weight is 380 g/mol. The topological polar surface area (TPSA) is 41.6 Å². The van der Waals surface area contributed by atoms with E-state index in [-0.39, 0.29) is 18.1 Å². The largest absolute Gasteiger partial charge is 0.491 e. The van der Waals surface area contributed by atoms with Crippen LogP contribution in [0.4, 0.5) is 13.2 Å². The normalized spacial score (nSPS) is 18.7. The van der Waals surface area contributed by atoms with Gasteiger partial charge in [0.15, 0.2) is 6.04 Å². The minimum atomic E-state index is -4.54. The Kier molecular flexibility index (Phi) is 4.84. The Morgan fingerprint density at radius 2 is 1.74 bits per heavy atom. The summed E-state index contributed by atoms with van der Waals surface area (Å²) in [4.78, 5) is 11.7. The van der Waals surface area contributed by atoms with E-state index in [1.54, 1.807) is 32.0 Å². The van der Waals surface area contributed by atoms with Crippen LogP contribution in [0.15, 0.2) is 36.4 Å². The van der Waals surface area contributed by atoms with Crippen LogP contribution < -0.4 is 10.2 Å². The van der Waals surface area contributed by atoms with Crippen molar-refractivity contribution in [1.82, 2.24) is 10.4 Å². The third kappa shape index (κ3) is 4.03. The summed E-state index contributed by atoms with van der Waals surface area (Å²) in [6.45, 7) is 7.07. The van der Waals surface area contributed by atoms with E-state index in [0.717, 1.165) is 10.4 Å². The average Bonchev–Trinajstić information content (AvgIpc) is 2.78. The molecule has 1 heterocycles. The number of fused-ring (bicyclic) bond motifs is 1. The van der Waals surface area contributed by atoms with Crippen molar-refractivity contribution in [3.63, 3.8) is 0 Å². The summed E-state index contributed by atoms with van der Waals surface area (Å²) >= 11 is 0. The maximum Gasteiger partial charge on any atom is 0.409 e. The first kappa shape index (κ1) is 19.5. The molecule has 27 heavy (non-hydrogen) atoms. The molecule has 146 valence electrons. The predicted molar refractivity (Wildman–Crippen MR) is 97.2 cm³/mol. The first-order chi connectivity index (χ1) is 12.5. The van der Waals surface area contributed by atoms with E-state index in [1.807, 2.05) is 19.9 Å². The number of benzene rings is 2. The van der Waals surface area contributed by atoms with E-state index in [9.17, 15) is 18.0 Å². The molecule has 0 aliphatic carbocycles. The Labute approximate surface area is 156 Å². The first-order valence-electron chi connectivity index (χ1n) is 8.83. The zero-order chi connectivity index (χ0) is 20.0. The van der Waals surface area contributed by atoms with E-state index in [1.165, 1.54) is 12.1 Å². The van der Waals surface area contributed by atoms with Crippen LogP contribution in [0.2, 0.25) is 0 Å². The molecule has 1 amide bonds. The smallest absolute Gasteiger partial charge is 0.409 e. The molecule has 7 heteroatoms. The lowest BCUT2D eigenvalue weighted by molar-refractivity contribution is -0.203. The summed E-state index contributed by atoms with van der Waals surface area (Å²) in [5.74, 6) is 0.260. The van der Waals surface area contributed by atoms with Crippen LogP contribution in [-0.2, 0) is 4.79 Å². The summed E-state index contributed by atoms with van der Waals surface area (Å²) in [6.07, 6.45) is -4.51. The number of carbonyl (C=O) groups excluding carboxylic acids is 1. The molecule has 1 saturated heterocycles. The SMILES string of the molecule is CC(C)Oc1ccc2cc([C@H](N3NC(=O)CC3(C)C)C(F)(F)F)ccc2c1. The molecule has 0 radical (unpaired) electrons. The molecule has 4 nitrogen and oxygen atoms in total. The minimum Gasteiger partial charge on any atom is -0.491 e. The lowest BCUT2D eigenvalue weighted by atomic mass is 9.95. The van der Waals surface area contributed by atoms with Gasteiger partial charge in [0.25, 0.3) is 0 Å². The molecule has 2 aromatic carbocycles. The molecule has 1 N–H and O–H groups in total. The lowest BCUT2D eigenvalue weighted by Gasteiger charge is -2.38. The molecular weight excluding hydrogens is 357 g/mol. The Bertz CT molecular complexity index is 862. The Morgan fingerprint density at radius 1 is 1.11 bits per heavy atom. The third-order valence-electron chi connectivity index (χ3n) is 4.58. The number of ether oxygens (including phenoxy) is 1. The maximum atomic E-state index is 13.9. The number of carbonyl (C=O) groups is 1. The van der Waals surface area contributed by atoms with Gasteiger partial charge in [0, 0.05) is 12.0 Å². The van der Waals surface area contributed by atoms with Crippen molar-refractivity contribution in [3.8, 4) is 5.75 Å². The number of rotatable bonds is 4. The predicted octanol–water partition coefficient (Wildman–Crippen LogP) is 4.75. The number of nitrogens with one attached hydrogen (secondary N) is 1. The molecule has 1 atom stereocenters. The highest BCUT2D eigenvalue weighted by Gasteiger charge is 2.52. The Balaban J connectivity index is 2.02. The molecule has 0 aromatic heterocycles. The van der Waals surface area contributed by atoms with E-state index in [0.29, 0.717) is 11.1 Å². The van der Waals surface area contributed by atoms with Gasteiger partial charge in [-0.25, -0.2) is 0 Å². The number of hydrogen-bond acceptors (Lipinski definition) is 3. The molecule has 1 aliphatic rings. The van der Waals surface area contributed by atoms with Crippen LogP contribution >= 0.6 is 0 Å². The second kappa shape index (κ2) is 6.71. The standard InChI is InChI=1S/C20H23F3N2O2/c1-12(2)27-16-8-7-13-9-15(6-5-14(13)10-16)18(20(21,22)23)25-19(3,4)11-17(26)24-25/h5-10,12,18H,11H2,1-4H3,(H,24,26)/t18-/m0/s1. The summed E-state index contributed by atoms with van der Waals surface area (Å²) in [6, 6.07) is 8.02. The van der Waals surface area contributed by atoms with Gasteiger partial charge in [-0.05, 0) is 62.2 Å². The van der Waals surface area contributed by atoms with Crippen LogP contribution in [0.5, 0.6) is 5.75 Å². The van der Waals surface area contributed by atoms with Gasteiger partial charge < -0.3 is 4.74 Å². The van der Waals surface area contributed by atoms with E-state index in [2.05, 4.69) is 5.43 Å². The fourth-order valence-corrected chi connectivity index (χ4v) is 3.46. The van der Waals surface area contributed by atoms with Crippen molar-refractivity contribution in [1.29, 1.82) is 0 Å². The zero-order valence-electron chi connectivity index (χ0n) is 15.7. The number of halogens is 3. The van der Waals surface area contributed by atoms with Crippen LogP contribution in [0.3, 0.4) is 0 Å². The van der Waals surface area contributed by atoms with E-state index < -0.39 is 23.7 Å². The summed E-state index contributed by atoms with van der Waals surface area (Å²) in [5.41, 5.74) is 1.53. The number of nitrogens with zero attached hydrogens (tertiary/aromatic N) is 1. The highest BCUT2D eigenvalue weighted by Crippen LogP contribution is 2.43. The summed E-state index contributed by atoms with van der Waals surface area (Å²) < 4.78 is 47.4. The van der Waals surface area contributed by atoms with Crippen molar-refractivity contribution in [2.24, 2.45) is 0 Å². The second-order valence-corrected chi connectivity index (χ2v) is 7.77. The highest BCUT2D eigenvalue weighted by atomic mass is 19.4. The summed E-state index contributed by atoms with van der Waals surface area (Å²) in [7, 11) is 0. The molecule has 0 spiro atoms. The Hall–Kier alpha value is -2.28. The zero-order valence-corrected chi connectivity index (χ0v) is 15.7. The molecule has 2 aromatic rings. The molecule has 0 bridgehead atoms. The van der Waals surface area contributed by atoms with Gasteiger partial charge in [-0.15, -0.1) is 0 Å². The van der Waals surface area contributed by atoms with Gasteiger partial charge in [-0.2, -0.15) is 18.2 Å². The number of amides is 1. The molecule has 1 fully saturated rings. The molecule has 0 unspecified atom stereocenters. The monoisotopic (exact) mass is 380 g/mol. The van der Waals surface area contributed by atoms with Gasteiger partial charge in [-0.3, -0.25) is 10.2 Å². The van der Waals surface area contributed by atoms with Crippen LogP contribution in [0.1, 0.15) is 45.7 Å². The first-order valence-corrected chi connectivity index (χ1v) is 8.83. The van der Waals surface area contributed by atoms with Crippen molar-refractivity contribution in [3.05, 3.63) is 42.0 Å². The van der Waals surface area contributed by atoms with Gasteiger partial charge >= 0.3 is 6.18 Å². The minimum absolute atomic E-state index is 0.0114. The van der Waals surface area contributed by atoms with Gasteiger partial charge in [0.1, 0.15) is 5.75 Å². The van der Waals surface area contributed by atoms with Crippen molar-refractivity contribution >= 4 is 16.7 Å². The fourth-order valence-electron chi connectivity index (χ4n) is 3.46. The maximum absolute atomic E-state index is 13.9. The van der Waals surface area contributed by atoms with Crippen molar-refractivity contribution in [2.75, 3.05) is 0 Å². The number of alkyl halides is 3. The van der Waals surface area contributed by atoms with Gasteiger partial charge in [0.05, 0.1) is 6.10 Å². The number of hydrogen-bond donors (Lipinski definition) is 1. The van der Waals surface area contributed by atoms with Crippen molar-refractivity contribution in [2.45, 2.75) is 58.0 Å². The second-order valence-electron chi connectivity index (χ2n) is 7.77. The summed E-state index contributed by atoms with van der Waals surface area (Å²) in [5, 5.41) is 2.50. The van der Waals surface area contributed by atoms with Gasteiger partial charge in [0.2, 0.25) is 5.91 Å². The Morgan fingerprint density at radius 3 is 2.30 bits per heavy atom. The van der Waals surface area contributed by atoms with Crippen LogP contribution in [-0.4, -0.2) is 28.7 Å². The third-order valence-corrected chi connectivity index (χ3v) is 4.58. The van der Waals surface area contributed by atoms with Crippen LogP contribution in [0, 0.1) is 0 Å². The molecule has 0 saturated carbocycles. The number of hydrazine groups is 1. The molecule has 3 rings (SSSR count). The molecular formula is C20H23F3N2O2. The highest BCUT2D eigenvalue weighted by molar-refractivity contribution is 5.85. The van der Waals surface area contributed by atoms with E-state index >= 15 is 0 Å². The fraction of sp³-hybridized carbons (Fsp3) is 0.450. The molecule has 1 aliphatic heterocycles. The quantitative estimate of drug-likeness (QED) is 0.833. The van der Waals surface area contributed by atoms with Crippen LogP contribution in [0.25, 0.3) is 10.8 Å². The van der Waals surface area contributed by atoms with Crippen molar-refractivity contribution < 1.29 is 22.7 Å². The lowest BCUT2D eigenvalue weighted by Crippen LogP contribution is -2.51.